The highest BCUT2D eigenvalue weighted by molar-refractivity contribution is 14.1. The van der Waals surface area contributed by atoms with E-state index in [1.807, 2.05) is 0 Å². The summed E-state index contributed by atoms with van der Waals surface area (Å²) in [7, 11) is -2.76. The average Bonchev–Trinajstić information content (AvgIpc) is 1.91. The molecule has 0 aromatic rings. The Bertz CT molecular complexity index is 232. The maximum absolute atomic E-state index is 11.0. The van der Waals surface area contributed by atoms with Crippen LogP contribution in [-0.4, -0.2) is 36.6 Å². The second-order valence-electron chi connectivity index (χ2n) is 3.45. The quantitative estimate of drug-likeness (QED) is 0.566. The molecule has 5 heteroatoms. The maximum Gasteiger partial charge on any atom is 0.147 e. The minimum Gasteiger partial charge on any atom is -0.248 e. The third-order valence-corrected chi connectivity index (χ3v) is 4.14. The summed E-state index contributed by atoms with van der Waals surface area (Å²) in [5, 5.41) is 0. The topological polar surface area (TPSA) is 37.4 Å². The van der Waals surface area contributed by atoms with Crippen molar-refractivity contribution >= 4 is 32.7 Å². The summed E-state index contributed by atoms with van der Waals surface area (Å²) in [5.41, 5.74) is 0. The zero-order chi connectivity index (χ0) is 9.19. The van der Waals surface area contributed by atoms with Gasteiger partial charge in [0.2, 0.25) is 0 Å². The third kappa shape index (κ3) is 4.04. The van der Waals surface area contributed by atoms with Gasteiger partial charge in [-0.25, -0.2) is 11.5 Å². The zero-order valence-corrected chi connectivity index (χ0v) is 10.1. The number of piperidine rings is 1. The van der Waals surface area contributed by atoms with Gasteiger partial charge in [-0.15, -0.1) is 0 Å². The van der Waals surface area contributed by atoms with Crippen LogP contribution in [0.15, 0.2) is 0 Å². The summed E-state index contributed by atoms with van der Waals surface area (Å²) in [6, 6.07) is 0. The van der Waals surface area contributed by atoms with E-state index in [4.69, 9.17) is 0 Å². The van der Waals surface area contributed by atoms with E-state index in [9.17, 15) is 8.42 Å². The van der Waals surface area contributed by atoms with Crippen LogP contribution in [0.3, 0.4) is 0 Å². The molecule has 3 nitrogen and oxygen atoms in total. The van der Waals surface area contributed by atoms with Gasteiger partial charge in [0.05, 0.1) is 5.75 Å². The number of rotatable bonds is 2. The van der Waals surface area contributed by atoms with Gasteiger partial charge in [-0.3, -0.25) is 0 Å². The number of hydrogen-bond acceptors (Lipinski definition) is 3. The lowest BCUT2D eigenvalue weighted by Gasteiger charge is -2.26. The van der Waals surface area contributed by atoms with E-state index in [2.05, 4.69) is 26.0 Å². The van der Waals surface area contributed by atoms with Crippen LogP contribution in [0.4, 0.5) is 0 Å². The standard InChI is InChI=1S/C7H14INO2S/c1-12(10,11)6-7-2-4-9(8)5-3-7/h7H,2-6H2,1H3. The van der Waals surface area contributed by atoms with Crippen molar-refractivity contribution in [2.45, 2.75) is 12.8 Å². The Morgan fingerprint density at radius 1 is 1.42 bits per heavy atom. The molecular weight excluding hydrogens is 289 g/mol. The number of sulfone groups is 1. The van der Waals surface area contributed by atoms with Crippen LogP contribution in [-0.2, 0) is 9.84 Å². The minimum atomic E-state index is -2.76. The Kier molecular flexibility index (Phi) is 3.78. The molecule has 0 aliphatic carbocycles. The zero-order valence-electron chi connectivity index (χ0n) is 7.16. The van der Waals surface area contributed by atoms with Crippen molar-refractivity contribution in [3.8, 4) is 0 Å². The second-order valence-corrected chi connectivity index (χ2v) is 7.00. The third-order valence-electron chi connectivity index (χ3n) is 2.10. The first kappa shape index (κ1) is 10.7. The Morgan fingerprint density at radius 3 is 2.33 bits per heavy atom. The Hall–Kier alpha value is 0.640. The van der Waals surface area contributed by atoms with Crippen molar-refractivity contribution in [2.24, 2.45) is 5.92 Å². The van der Waals surface area contributed by atoms with Crippen LogP contribution in [0.5, 0.6) is 0 Å². The van der Waals surface area contributed by atoms with Crippen LogP contribution < -0.4 is 0 Å². The number of hydrogen-bond donors (Lipinski definition) is 0. The van der Waals surface area contributed by atoms with E-state index in [1.165, 1.54) is 6.26 Å². The van der Waals surface area contributed by atoms with E-state index in [0.717, 1.165) is 25.9 Å². The van der Waals surface area contributed by atoms with Crippen molar-refractivity contribution in [1.82, 2.24) is 3.11 Å². The van der Waals surface area contributed by atoms with Crippen LogP contribution >= 0.6 is 22.9 Å². The summed E-state index contributed by atoms with van der Waals surface area (Å²) < 4.78 is 24.1. The van der Waals surface area contributed by atoms with Gasteiger partial charge in [0.1, 0.15) is 9.84 Å². The first-order chi connectivity index (χ1) is 5.47. The molecule has 0 spiro atoms. The van der Waals surface area contributed by atoms with Gasteiger partial charge in [0.15, 0.2) is 0 Å². The molecule has 0 N–H and O–H groups in total. The van der Waals surface area contributed by atoms with Gasteiger partial charge in [-0.05, 0) is 18.8 Å². The highest BCUT2D eigenvalue weighted by Crippen LogP contribution is 2.20. The van der Waals surface area contributed by atoms with Crippen molar-refractivity contribution < 1.29 is 8.42 Å². The molecule has 0 bridgehead atoms. The van der Waals surface area contributed by atoms with Crippen molar-refractivity contribution in [2.75, 3.05) is 25.1 Å². The fourth-order valence-electron chi connectivity index (χ4n) is 1.50. The van der Waals surface area contributed by atoms with Gasteiger partial charge in [-0.2, -0.15) is 0 Å². The van der Waals surface area contributed by atoms with Gasteiger partial charge >= 0.3 is 0 Å². The first-order valence-electron chi connectivity index (χ1n) is 4.06. The lowest BCUT2D eigenvalue weighted by Crippen LogP contribution is -2.29. The molecule has 1 aliphatic rings. The molecule has 12 heavy (non-hydrogen) atoms. The minimum absolute atomic E-state index is 0.372. The van der Waals surface area contributed by atoms with E-state index in [1.54, 1.807) is 0 Å². The summed E-state index contributed by atoms with van der Waals surface area (Å²) in [4.78, 5) is 0. The molecule has 1 aliphatic heterocycles. The van der Waals surface area contributed by atoms with Crippen LogP contribution in [0.25, 0.3) is 0 Å². The molecule has 0 aromatic heterocycles. The molecule has 1 rings (SSSR count). The van der Waals surface area contributed by atoms with Gasteiger partial charge in [0, 0.05) is 42.2 Å². The molecule has 0 aromatic carbocycles. The van der Waals surface area contributed by atoms with Gasteiger partial charge < -0.3 is 0 Å². The van der Waals surface area contributed by atoms with Gasteiger partial charge in [0.25, 0.3) is 0 Å². The smallest absolute Gasteiger partial charge is 0.147 e. The predicted molar refractivity (Wildman–Crippen MR) is 58.0 cm³/mol. The summed E-state index contributed by atoms with van der Waals surface area (Å²) >= 11 is 2.29. The molecule has 0 radical (unpaired) electrons. The molecule has 0 atom stereocenters. The monoisotopic (exact) mass is 303 g/mol. The largest absolute Gasteiger partial charge is 0.248 e. The van der Waals surface area contributed by atoms with E-state index < -0.39 is 9.84 Å². The Balaban J connectivity index is 2.36. The second kappa shape index (κ2) is 4.23. The first-order valence-corrected chi connectivity index (χ1v) is 7.08. The maximum atomic E-state index is 11.0. The van der Waals surface area contributed by atoms with Gasteiger partial charge in [-0.1, -0.05) is 0 Å². The molecule has 1 saturated heterocycles. The molecule has 1 fully saturated rings. The van der Waals surface area contributed by atoms with Crippen molar-refractivity contribution in [3.63, 3.8) is 0 Å². The fraction of sp³-hybridized carbons (Fsp3) is 1.00. The molecule has 72 valence electrons. The lowest BCUT2D eigenvalue weighted by molar-refractivity contribution is 0.328. The van der Waals surface area contributed by atoms with Crippen molar-refractivity contribution in [1.29, 1.82) is 0 Å². The van der Waals surface area contributed by atoms with Crippen molar-refractivity contribution in [3.05, 3.63) is 0 Å². The Morgan fingerprint density at radius 2 is 1.92 bits per heavy atom. The van der Waals surface area contributed by atoms with Crippen LogP contribution in [0.1, 0.15) is 12.8 Å². The van der Waals surface area contributed by atoms with E-state index in [-0.39, 0.29) is 0 Å². The lowest BCUT2D eigenvalue weighted by atomic mass is 10.0. The molecule has 0 saturated carbocycles. The predicted octanol–water partition coefficient (Wildman–Crippen LogP) is 1.09. The summed E-state index contributed by atoms with van der Waals surface area (Å²) in [5.74, 6) is 0.767. The molecule has 0 unspecified atom stereocenters. The van der Waals surface area contributed by atoms with Crippen LogP contribution in [0.2, 0.25) is 0 Å². The summed E-state index contributed by atoms with van der Waals surface area (Å²) in [6.07, 6.45) is 3.37. The highest BCUT2D eigenvalue weighted by atomic mass is 127. The summed E-state index contributed by atoms with van der Waals surface area (Å²) in [6.45, 7) is 2.06. The molecule has 1 heterocycles. The molecular formula is C7H14INO2S. The molecule has 0 amide bonds. The average molecular weight is 303 g/mol. The highest BCUT2D eigenvalue weighted by Gasteiger charge is 2.20. The number of nitrogens with zero attached hydrogens (tertiary/aromatic N) is 1. The SMILES string of the molecule is CS(=O)(=O)CC1CCN(I)CC1. The fourth-order valence-corrected chi connectivity index (χ4v) is 3.24. The van der Waals surface area contributed by atoms with E-state index >= 15 is 0 Å². The Labute approximate surface area is 87.9 Å². The number of halogens is 1. The van der Waals surface area contributed by atoms with Crippen LogP contribution in [0, 0.1) is 5.92 Å². The normalized spacial score (nSPS) is 22.8. The van der Waals surface area contributed by atoms with E-state index in [0.29, 0.717) is 11.7 Å².